The van der Waals surface area contributed by atoms with Gasteiger partial charge in [-0.3, -0.25) is 0 Å². The maximum atomic E-state index is 11.5. The van der Waals surface area contributed by atoms with Gasteiger partial charge in [0.15, 0.2) is 0 Å². The molecule has 2 aromatic carbocycles. The molecule has 24 heavy (non-hydrogen) atoms. The first-order valence-electron chi connectivity index (χ1n) is 9.42. The molecule has 0 spiro atoms. The third-order valence-electron chi connectivity index (χ3n) is 5.43. The van der Waals surface area contributed by atoms with Crippen LogP contribution >= 0.6 is 0 Å². The smallest absolute Gasteiger partial charge is 0.0953 e. The van der Waals surface area contributed by atoms with E-state index in [2.05, 4.69) is 36.4 Å². The molecule has 2 N–H and O–H groups in total. The van der Waals surface area contributed by atoms with Crippen LogP contribution in [0.5, 0.6) is 0 Å². The van der Waals surface area contributed by atoms with E-state index in [9.17, 15) is 5.11 Å². The number of aliphatic hydroxyl groups is 1. The number of hydrogen-bond donors (Lipinski definition) is 2. The molecule has 0 unspecified atom stereocenters. The van der Waals surface area contributed by atoms with Crippen LogP contribution in [-0.2, 0) is 12.0 Å². The van der Waals surface area contributed by atoms with E-state index in [-0.39, 0.29) is 0 Å². The van der Waals surface area contributed by atoms with Crippen LogP contribution in [-0.4, -0.2) is 24.7 Å². The molecular weight excluding hydrogens is 294 g/mol. The molecule has 2 heteroatoms. The Hall–Kier alpha value is -1.64. The molecule has 0 aromatic heterocycles. The molecule has 0 saturated carbocycles. The lowest BCUT2D eigenvalue weighted by Gasteiger charge is -2.32. The van der Waals surface area contributed by atoms with Crippen molar-refractivity contribution in [2.45, 2.75) is 44.1 Å². The fourth-order valence-electron chi connectivity index (χ4n) is 3.84. The summed E-state index contributed by atoms with van der Waals surface area (Å²) in [5.74, 6) is 0. The Balaban J connectivity index is 1.68. The average molecular weight is 324 g/mol. The topological polar surface area (TPSA) is 24.7 Å². The molecule has 1 aliphatic heterocycles. The van der Waals surface area contributed by atoms with Crippen LogP contribution in [0.1, 0.15) is 43.2 Å². The number of likely N-dealkylation sites (tertiary alicyclic amines) is 1. The molecule has 2 aromatic rings. The maximum Gasteiger partial charge on any atom is 0.0953 e. The molecule has 1 atom stereocenters. The second kappa shape index (κ2) is 8.46. The summed E-state index contributed by atoms with van der Waals surface area (Å²) in [6, 6.07) is 20.8. The molecule has 0 bridgehead atoms. The van der Waals surface area contributed by atoms with Gasteiger partial charge in [-0.25, -0.2) is 0 Å². The van der Waals surface area contributed by atoms with Crippen LogP contribution in [0.3, 0.4) is 0 Å². The van der Waals surface area contributed by atoms with E-state index in [1.807, 2.05) is 24.3 Å². The molecule has 3 rings (SSSR count). The van der Waals surface area contributed by atoms with Gasteiger partial charge in [0, 0.05) is 6.42 Å². The predicted molar refractivity (Wildman–Crippen MR) is 99.1 cm³/mol. The fourth-order valence-corrected chi connectivity index (χ4v) is 3.84. The third-order valence-corrected chi connectivity index (χ3v) is 5.43. The molecule has 0 amide bonds. The van der Waals surface area contributed by atoms with Gasteiger partial charge in [0.25, 0.3) is 0 Å². The van der Waals surface area contributed by atoms with Gasteiger partial charge in [-0.1, -0.05) is 60.7 Å². The number of nitrogens with one attached hydrogen (secondary N) is 1. The van der Waals surface area contributed by atoms with E-state index >= 15 is 0 Å². The normalized spacial score (nSPS) is 18.2. The zero-order valence-electron chi connectivity index (χ0n) is 14.6. The van der Waals surface area contributed by atoms with Gasteiger partial charge in [-0.05, 0) is 43.2 Å². The fraction of sp³-hybridized carbons (Fsp3) is 0.455. The van der Waals surface area contributed by atoms with E-state index in [1.54, 1.807) is 4.90 Å². The highest BCUT2D eigenvalue weighted by Crippen LogP contribution is 2.29. The monoisotopic (exact) mass is 324 g/mol. The Bertz CT molecular complexity index is 592. The van der Waals surface area contributed by atoms with E-state index < -0.39 is 5.60 Å². The number of hydrogen-bond acceptors (Lipinski definition) is 1. The van der Waals surface area contributed by atoms with E-state index in [1.165, 1.54) is 37.9 Å². The summed E-state index contributed by atoms with van der Waals surface area (Å²) in [4.78, 5) is 1.66. The second-order valence-corrected chi connectivity index (χ2v) is 7.19. The van der Waals surface area contributed by atoms with E-state index in [0.717, 1.165) is 31.4 Å². The molecule has 128 valence electrons. The van der Waals surface area contributed by atoms with Gasteiger partial charge >= 0.3 is 0 Å². The van der Waals surface area contributed by atoms with Crippen molar-refractivity contribution in [2.24, 2.45) is 0 Å². The summed E-state index contributed by atoms with van der Waals surface area (Å²) >= 11 is 0. The van der Waals surface area contributed by atoms with Crippen molar-refractivity contribution in [3.63, 3.8) is 0 Å². The molecular formula is C22H30NO+. The number of piperidine rings is 1. The van der Waals surface area contributed by atoms with Crippen LogP contribution in [0.2, 0.25) is 0 Å². The minimum atomic E-state index is -0.721. The van der Waals surface area contributed by atoms with Gasteiger partial charge in [-0.15, -0.1) is 0 Å². The Kier molecular flexibility index (Phi) is 6.06. The summed E-state index contributed by atoms with van der Waals surface area (Å²) in [5.41, 5.74) is 1.65. The van der Waals surface area contributed by atoms with Crippen molar-refractivity contribution in [1.82, 2.24) is 0 Å². The lowest BCUT2D eigenvalue weighted by molar-refractivity contribution is -0.905. The number of aryl methyl sites for hydroxylation is 1. The van der Waals surface area contributed by atoms with Gasteiger partial charge < -0.3 is 10.0 Å². The molecule has 0 radical (unpaired) electrons. The van der Waals surface area contributed by atoms with Gasteiger partial charge in [0.2, 0.25) is 0 Å². The molecule has 1 heterocycles. The molecule has 1 saturated heterocycles. The Morgan fingerprint density at radius 3 is 2.08 bits per heavy atom. The highest BCUT2D eigenvalue weighted by Gasteiger charge is 2.30. The lowest BCUT2D eigenvalue weighted by atomic mass is 9.84. The van der Waals surface area contributed by atoms with Crippen molar-refractivity contribution in [1.29, 1.82) is 0 Å². The molecule has 1 fully saturated rings. The van der Waals surface area contributed by atoms with Crippen LogP contribution in [0.15, 0.2) is 60.7 Å². The largest absolute Gasteiger partial charge is 0.385 e. The third kappa shape index (κ3) is 4.68. The van der Waals surface area contributed by atoms with Gasteiger partial charge in [0.1, 0.15) is 0 Å². The predicted octanol–water partition coefficient (Wildman–Crippen LogP) is 2.97. The summed E-state index contributed by atoms with van der Waals surface area (Å²) in [7, 11) is 0. The van der Waals surface area contributed by atoms with Gasteiger partial charge in [0.05, 0.1) is 25.2 Å². The van der Waals surface area contributed by atoms with Crippen LogP contribution in [0, 0.1) is 0 Å². The first kappa shape index (κ1) is 17.2. The lowest BCUT2D eigenvalue weighted by Crippen LogP contribution is -3.13. The van der Waals surface area contributed by atoms with Crippen molar-refractivity contribution in [3.05, 3.63) is 71.8 Å². The standard InChI is InChI=1S/C22H29NO/c24-22(21-12-6-2-7-13-21,15-14-20-10-4-1-5-11-20)16-19-23-17-8-3-9-18-23/h1-2,4-7,10-13,24H,3,8-9,14-19H2/p+1/t22-/m1/s1. The summed E-state index contributed by atoms with van der Waals surface area (Å²) in [6.07, 6.45) is 6.60. The summed E-state index contributed by atoms with van der Waals surface area (Å²) < 4.78 is 0. The zero-order valence-corrected chi connectivity index (χ0v) is 14.6. The Morgan fingerprint density at radius 1 is 0.792 bits per heavy atom. The summed E-state index contributed by atoms with van der Waals surface area (Å²) in [6.45, 7) is 3.60. The molecule has 2 nitrogen and oxygen atoms in total. The number of quaternary nitrogens is 1. The minimum absolute atomic E-state index is 0.721. The number of benzene rings is 2. The molecule has 0 aliphatic carbocycles. The Labute approximate surface area is 146 Å². The van der Waals surface area contributed by atoms with Crippen LogP contribution in [0.4, 0.5) is 0 Å². The molecule has 1 aliphatic rings. The minimum Gasteiger partial charge on any atom is -0.385 e. The van der Waals surface area contributed by atoms with Crippen molar-refractivity contribution in [3.8, 4) is 0 Å². The second-order valence-electron chi connectivity index (χ2n) is 7.19. The SMILES string of the molecule is O[C@](CCc1ccccc1)(CC[NH+]1CCCCC1)c1ccccc1. The maximum absolute atomic E-state index is 11.5. The zero-order chi connectivity index (χ0) is 16.7. The van der Waals surface area contributed by atoms with Crippen molar-refractivity contribution >= 4 is 0 Å². The summed E-state index contributed by atoms with van der Waals surface area (Å²) in [5, 5.41) is 11.5. The van der Waals surface area contributed by atoms with E-state index in [4.69, 9.17) is 0 Å². The highest BCUT2D eigenvalue weighted by molar-refractivity contribution is 5.23. The Morgan fingerprint density at radius 2 is 1.42 bits per heavy atom. The first-order valence-corrected chi connectivity index (χ1v) is 9.42. The van der Waals surface area contributed by atoms with Crippen molar-refractivity contribution in [2.75, 3.05) is 19.6 Å². The van der Waals surface area contributed by atoms with E-state index in [0.29, 0.717) is 0 Å². The van der Waals surface area contributed by atoms with Crippen LogP contribution in [0.25, 0.3) is 0 Å². The van der Waals surface area contributed by atoms with Crippen LogP contribution < -0.4 is 4.90 Å². The quantitative estimate of drug-likeness (QED) is 0.804. The number of rotatable bonds is 7. The average Bonchev–Trinajstić information content (AvgIpc) is 2.67. The highest BCUT2D eigenvalue weighted by atomic mass is 16.3. The van der Waals surface area contributed by atoms with Gasteiger partial charge in [-0.2, -0.15) is 0 Å². The first-order chi connectivity index (χ1) is 11.8. The van der Waals surface area contributed by atoms with Crippen molar-refractivity contribution < 1.29 is 10.0 Å².